The minimum atomic E-state index is -0.116. The summed E-state index contributed by atoms with van der Waals surface area (Å²) in [6, 6.07) is 5.41. The molecule has 0 aromatic heterocycles. The lowest BCUT2D eigenvalue weighted by Crippen LogP contribution is -2.29. The second kappa shape index (κ2) is 6.62. The van der Waals surface area contributed by atoms with E-state index in [2.05, 4.69) is 5.32 Å². The molecule has 0 aliphatic heterocycles. The summed E-state index contributed by atoms with van der Waals surface area (Å²) in [5.41, 5.74) is 7.35. The van der Waals surface area contributed by atoms with Gasteiger partial charge in [0, 0.05) is 17.3 Å². The summed E-state index contributed by atoms with van der Waals surface area (Å²) in [5.74, 6) is -0.130. The minimum Gasteiger partial charge on any atom is -0.330 e. The van der Waals surface area contributed by atoms with Crippen molar-refractivity contribution in [2.75, 3.05) is 11.9 Å². The maximum atomic E-state index is 11.9. The summed E-state index contributed by atoms with van der Waals surface area (Å²) in [4.78, 5) is 11.9. The molecule has 0 bridgehead atoms. The number of benzene rings is 1. The fourth-order valence-corrected chi connectivity index (χ4v) is 1.93. The van der Waals surface area contributed by atoms with E-state index in [4.69, 9.17) is 17.3 Å². The monoisotopic (exact) mass is 254 g/mol. The van der Waals surface area contributed by atoms with Crippen LogP contribution in [0.3, 0.4) is 0 Å². The molecular formula is C13H19ClN2O. The highest BCUT2D eigenvalue weighted by molar-refractivity contribution is 6.30. The zero-order valence-electron chi connectivity index (χ0n) is 10.3. The van der Waals surface area contributed by atoms with Crippen LogP contribution in [0.25, 0.3) is 0 Å². The predicted molar refractivity (Wildman–Crippen MR) is 72.3 cm³/mol. The van der Waals surface area contributed by atoms with E-state index in [1.807, 2.05) is 26.0 Å². The molecule has 0 radical (unpaired) electrons. The molecule has 0 heterocycles. The van der Waals surface area contributed by atoms with Gasteiger partial charge in [-0.3, -0.25) is 4.79 Å². The molecule has 1 rings (SSSR count). The van der Waals surface area contributed by atoms with Crippen molar-refractivity contribution >= 4 is 23.2 Å². The molecule has 3 N–H and O–H groups in total. The first kappa shape index (κ1) is 14.0. The van der Waals surface area contributed by atoms with E-state index in [1.165, 1.54) is 0 Å². The maximum absolute atomic E-state index is 11.9. The molecule has 0 aliphatic carbocycles. The Morgan fingerprint density at radius 2 is 2.24 bits per heavy atom. The molecule has 4 heteroatoms. The molecule has 0 spiro atoms. The van der Waals surface area contributed by atoms with E-state index in [1.54, 1.807) is 6.07 Å². The van der Waals surface area contributed by atoms with Gasteiger partial charge in [0.1, 0.15) is 0 Å². The molecule has 1 atom stereocenters. The van der Waals surface area contributed by atoms with E-state index in [-0.39, 0.29) is 11.8 Å². The van der Waals surface area contributed by atoms with Crippen molar-refractivity contribution in [3.05, 3.63) is 28.8 Å². The lowest BCUT2D eigenvalue weighted by molar-refractivity contribution is -0.119. The zero-order valence-corrected chi connectivity index (χ0v) is 11.1. The van der Waals surface area contributed by atoms with Crippen LogP contribution in [0.15, 0.2) is 18.2 Å². The van der Waals surface area contributed by atoms with Crippen LogP contribution in [0.2, 0.25) is 5.02 Å². The zero-order chi connectivity index (χ0) is 12.8. The van der Waals surface area contributed by atoms with Crippen molar-refractivity contribution in [2.24, 2.45) is 11.7 Å². The molecule has 0 aliphatic rings. The lowest BCUT2D eigenvalue weighted by Gasteiger charge is -2.15. The van der Waals surface area contributed by atoms with Gasteiger partial charge in [0.05, 0.1) is 5.92 Å². The van der Waals surface area contributed by atoms with Crippen LogP contribution >= 0.6 is 11.6 Å². The number of carbonyl (C=O) groups is 1. The van der Waals surface area contributed by atoms with Crippen molar-refractivity contribution in [3.8, 4) is 0 Å². The Morgan fingerprint density at radius 3 is 2.76 bits per heavy atom. The number of nitrogens with two attached hydrogens (primary N) is 1. The van der Waals surface area contributed by atoms with Gasteiger partial charge in [-0.15, -0.1) is 0 Å². The van der Waals surface area contributed by atoms with Gasteiger partial charge in [0.25, 0.3) is 0 Å². The van der Waals surface area contributed by atoms with Gasteiger partial charge in [0.2, 0.25) is 5.91 Å². The van der Waals surface area contributed by atoms with E-state index in [9.17, 15) is 4.79 Å². The van der Waals surface area contributed by atoms with Crippen LogP contribution in [-0.4, -0.2) is 12.5 Å². The van der Waals surface area contributed by atoms with Crippen molar-refractivity contribution in [3.63, 3.8) is 0 Å². The van der Waals surface area contributed by atoms with Crippen molar-refractivity contribution in [1.29, 1.82) is 0 Å². The number of rotatable bonds is 5. The first-order valence-electron chi connectivity index (χ1n) is 5.85. The van der Waals surface area contributed by atoms with E-state index >= 15 is 0 Å². The minimum absolute atomic E-state index is 0.0141. The molecule has 0 saturated carbocycles. The molecular weight excluding hydrogens is 236 g/mol. The molecule has 3 nitrogen and oxygen atoms in total. The SMILES string of the molecule is CCCC(CN)C(=O)Nc1ccc(Cl)cc1C. The number of anilines is 1. The third-order valence-electron chi connectivity index (χ3n) is 2.74. The molecule has 0 saturated heterocycles. The number of halogens is 1. The predicted octanol–water partition coefficient (Wildman–Crippen LogP) is 2.96. The summed E-state index contributed by atoms with van der Waals surface area (Å²) >= 11 is 5.86. The van der Waals surface area contributed by atoms with Crippen LogP contribution < -0.4 is 11.1 Å². The first-order valence-corrected chi connectivity index (χ1v) is 6.23. The smallest absolute Gasteiger partial charge is 0.228 e. The Hall–Kier alpha value is -1.06. The van der Waals surface area contributed by atoms with E-state index in [0.717, 1.165) is 24.1 Å². The normalized spacial score (nSPS) is 12.2. The number of carbonyl (C=O) groups excluding carboxylic acids is 1. The van der Waals surface area contributed by atoms with Crippen LogP contribution in [0.4, 0.5) is 5.69 Å². The number of hydrogen-bond donors (Lipinski definition) is 2. The summed E-state index contributed by atoms with van der Waals surface area (Å²) in [6.45, 7) is 4.34. The third-order valence-corrected chi connectivity index (χ3v) is 2.97. The molecule has 17 heavy (non-hydrogen) atoms. The van der Waals surface area contributed by atoms with Crippen LogP contribution in [0.1, 0.15) is 25.3 Å². The Morgan fingerprint density at radius 1 is 1.53 bits per heavy atom. The number of amides is 1. The standard InChI is InChI=1S/C13H19ClN2O/c1-3-4-10(8-15)13(17)16-12-6-5-11(14)7-9(12)2/h5-7,10H,3-4,8,15H2,1-2H3,(H,16,17). The lowest BCUT2D eigenvalue weighted by atomic mass is 10.0. The van der Waals surface area contributed by atoms with E-state index < -0.39 is 0 Å². The van der Waals surface area contributed by atoms with Crippen LogP contribution in [-0.2, 0) is 4.79 Å². The van der Waals surface area contributed by atoms with E-state index in [0.29, 0.717) is 11.6 Å². The molecule has 1 aromatic rings. The third kappa shape index (κ3) is 4.02. The maximum Gasteiger partial charge on any atom is 0.228 e. The van der Waals surface area contributed by atoms with Gasteiger partial charge in [-0.2, -0.15) is 0 Å². The Balaban J connectivity index is 2.73. The summed E-state index contributed by atoms with van der Waals surface area (Å²) in [5, 5.41) is 3.57. The highest BCUT2D eigenvalue weighted by Crippen LogP contribution is 2.20. The fourth-order valence-electron chi connectivity index (χ4n) is 1.71. The van der Waals surface area contributed by atoms with Gasteiger partial charge in [-0.25, -0.2) is 0 Å². The summed E-state index contributed by atoms with van der Waals surface area (Å²) < 4.78 is 0. The topological polar surface area (TPSA) is 55.1 Å². The molecule has 0 fully saturated rings. The van der Waals surface area contributed by atoms with Gasteiger partial charge in [-0.1, -0.05) is 24.9 Å². The van der Waals surface area contributed by atoms with Crippen LogP contribution in [0, 0.1) is 12.8 Å². The first-order chi connectivity index (χ1) is 8.08. The van der Waals surface area contributed by atoms with Crippen LogP contribution in [0.5, 0.6) is 0 Å². The number of aryl methyl sites for hydroxylation is 1. The van der Waals surface area contributed by atoms with Gasteiger partial charge in [-0.05, 0) is 37.1 Å². The van der Waals surface area contributed by atoms with Gasteiger partial charge in [0.15, 0.2) is 0 Å². The van der Waals surface area contributed by atoms with Crippen molar-refractivity contribution < 1.29 is 4.79 Å². The average Bonchev–Trinajstić information content (AvgIpc) is 2.29. The second-order valence-electron chi connectivity index (χ2n) is 4.17. The van der Waals surface area contributed by atoms with Gasteiger partial charge < -0.3 is 11.1 Å². The quantitative estimate of drug-likeness (QED) is 0.849. The Kier molecular flexibility index (Phi) is 5.45. The fraction of sp³-hybridized carbons (Fsp3) is 0.462. The Labute approximate surface area is 107 Å². The second-order valence-corrected chi connectivity index (χ2v) is 4.61. The summed E-state index contributed by atoms with van der Waals surface area (Å²) in [7, 11) is 0. The molecule has 1 aromatic carbocycles. The highest BCUT2D eigenvalue weighted by Gasteiger charge is 2.16. The molecule has 1 amide bonds. The highest BCUT2D eigenvalue weighted by atomic mass is 35.5. The number of nitrogens with one attached hydrogen (secondary N) is 1. The molecule has 94 valence electrons. The largest absolute Gasteiger partial charge is 0.330 e. The molecule has 1 unspecified atom stereocenters. The number of hydrogen-bond acceptors (Lipinski definition) is 2. The van der Waals surface area contributed by atoms with Crippen molar-refractivity contribution in [2.45, 2.75) is 26.7 Å². The van der Waals surface area contributed by atoms with Gasteiger partial charge >= 0.3 is 0 Å². The average molecular weight is 255 g/mol. The Bertz CT molecular complexity index is 393. The van der Waals surface area contributed by atoms with Crippen molar-refractivity contribution in [1.82, 2.24) is 0 Å². The summed E-state index contributed by atoms with van der Waals surface area (Å²) in [6.07, 6.45) is 1.77.